The maximum atomic E-state index is 14.3. The molecule has 2 aromatic carbocycles. The number of nitrogens with one attached hydrogen (secondary N) is 1. The first-order valence-corrected chi connectivity index (χ1v) is 9.06. The fraction of sp³-hybridized carbons (Fsp3) is 0.316. The summed E-state index contributed by atoms with van der Waals surface area (Å²) in [5, 5.41) is 1.85. The molecule has 1 amide bonds. The maximum Gasteiger partial charge on any atom is 0.527 e. The fourth-order valence-electron chi connectivity index (χ4n) is 2.46. The Morgan fingerprint density at radius 1 is 0.676 bits per heavy atom. The summed E-state index contributed by atoms with van der Waals surface area (Å²) in [5.41, 5.74) is -3.15. The van der Waals surface area contributed by atoms with E-state index in [1.807, 2.05) is 10.1 Å². The quantitative estimate of drug-likeness (QED) is 0.329. The van der Waals surface area contributed by atoms with Crippen LogP contribution in [0.4, 0.5) is 67.2 Å². The van der Waals surface area contributed by atoms with Crippen molar-refractivity contribution in [2.75, 3.05) is 5.32 Å². The molecule has 0 aromatic heterocycles. The van der Waals surface area contributed by atoms with Gasteiger partial charge in [-0.25, -0.2) is 13.9 Å². The molecular formula is C19H9F14NO3. The molecule has 0 fully saturated rings. The summed E-state index contributed by atoms with van der Waals surface area (Å²) in [6.07, 6.45) is -28.1. The highest BCUT2D eigenvalue weighted by atomic mass is 19.4. The van der Waals surface area contributed by atoms with E-state index in [-0.39, 0.29) is 12.1 Å². The Morgan fingerprint density at radius 2 is 1.22 bits per heavy atom. The van der Waals surface area contributed by atoms with Gasteiger partial charge in [-0.15, -0.1) is 13.2 Å². The van der Waals surface area contributed by atoms with E-state index in [0.29, 0.717) is 12.1 Å². The van der Waals surface area contributed by atoms with Crippen molar-refractivity contribution in [3.63, 3.8) is 0 Å². The van der Waals surface area contributed by atoms with Gasteiger partial charge < -0.3 is 5.32 Å². The molecule has 0 aliphatic carbocycles. The third-order valence-corrected chi connectivity index (χ3v) is 4.17. The lowest BCUT2D eigenvalue weighted by atomic mass is 10.1. The number of anilines is 1. The van der Waals surface area contributed by atoms with Gasteiger partial charge in [-0.2, -0.15) is 43.9 Å². The van der Waals surface area contributed by atoms with E-state index in [9.17, 15) is 66.3 Å². The highest BCUT2D eigenvalue weighted by molar-refractivity contribution is 6.04. The summed E-state index contributed by atoms with van der Waals surface area (Å²) in [5.74, 6) is -15.7. The maximum absolute atomic E-state index is 14.3. The predicted octanol–water partition coefficient (Wildman–Crippen LogP) is 7.14. The molecule has 1 N–H and O–H groups in total. The molecule has 0 saturated carbocycles. The first kappa shape index (κ1) is 30.1. The third kappa shape index (κ3) is 6.41. The van der Waals surface area contributed by atoms with Gasteiger partial charge in [0, 0.05) is 16.8 Å². The monoisotopic (exact) mass is 565 g/mol. The normalized spacial score (nSPS) is 14.0. The molecule has 0 aliphatic rings. The van der Waals surface area contributed by atoms with Gasteiger partial charge in [0.25, 0.3) is 5.91 Å². The lowest BCUT2D eigenvalue weighted by Crippen LogP contribution is -2.61. The van der Waals surface area contributed by atoms with E-state index in [1.165, 1.54) is 4.74 Å². The first-order valence-electron chi connectivity index (χ1n) is 9.06. The second-order valence-corrected chi connectivity index (χ2v) is 6.89. The zero-order valence-electron chi connectivity index (χ0n) is 17.1. The summed E-state index contributed by atoms with van der Waals surface area (Å²) >= 11 is 0. The summed E-state index contributed by atoms with van der Waals surface area (Å²) in [4.78, 5) is 12.0. The van der Waals surface area contributed by atoms with Crippen molar-refractivity contribution < 1.29 is 75.7 Å². The van der Waals surface area contributed by atoms with Crippen molar-refractivity contribution in [2.24, 2.45) is 0 Å². The van der Waals surface area contributed by atoms with E-state index in [2.05, 4.69) is 0 Å². The number of alkyl halides is 13. The summed E-state index contributed by atoms with van der Waals surface area (Å²) in [6.45, 7) is 0. The van der Waals surface area contributed by atoms with Gasteiger partial charge in [-0.3, -0.25) is 4.79 Å². The van der Waals surface area contributed by atoms with Gasteiger partial charge in [0.2, 0.25) is 0 Å². The predicted molar refractivity (Wildman–Crippen MR) is 92.7 cm³/mol. The van der Waals surface area contributed by atoms with Crippen LogP contribution in [0.2, 0.25) is 0 Å². The van der Waals surface area contributed by atoms with Crippen molar-refractivity contribution in [1.82, 2.24) is 0 Å². The van der Waals surface area contributed by atoms with E-state index in [1.54, 1.807) is 0 Å². The van der Waals surface area contributed by atoms with E-state index >= 15 is 0 Å². The van der Waals surface area contributed by atoms with Crippen LogP contribution in [0.1, 0.15) is 15.9 Å². The van der Waals surface area contributed by atoms with Gasteiger partial charge in [-0.1, -0.05) is 18.2 Å². The number of carbonyl (C=O) groups is 1. The van der Waals surface area contributed by atoms with Crippen LogP contribution in [-0.2, 0) is 15.4 Å². The minimum absolute atomic E-state index is 0.00607. The number of ether oxygens (including phenoxy) is 2. The first-order chi connectivity index (χ1) is 16.5. The number of rotatable bonds is 9. The van der Waals surface area contributed by atoms with Crippen molar-refractivity contribution in [2.45, 2.75) is 36.5 Å². The van der Waals surface area contributed by atoms with Gasteiger partial charge in [0.15, 0.2) is 0 Å². The van der Waals surface area contributed by atoms with E-state index < -0.39 is 65.1 Å². The van der Waals surface area contributed by atoms with Crippen LogP contribution in [0, 0.1) is 5.82 Å². The summed E-state index contributed by atoms with van der Waals surface area (Å²) < 4.78 is 188. The van der Waals surface area contributed by atoms with E-state index in [0.717, 1.165) is 24.3 Å². The molecule has 0 spiro atoms. The van der Waals surface area contributed by atoms with Crippen LogP contribution in [0.3, 0.4) is 0 Å². The zero-order chi connectivity index (χ0) is 28.7. The number of halogens is 14. The molecule has 4 nitrogen and oxygen atoms in total. The van der Waals surface area contributed by atoms with Crippen molar-refractivity contribution in [3.05, 3.63) is 65.5 Å². The standard InChI is InChI=1S/C19H9F14NO3/c20-11-5-1-3-9(7-11)13(35)34-12-6-2-4-10(8-12)14(21,22)16(25,26)36-17(27,28)15(23,24)18(29,30)37-19(31,32)33/h1-8H,(H,34,35). The molecule has 0 unspecified atom stereocenters. The minimum Gasteiger partial charge on any atom is -0.322 e. The van der Waals surface area contributed by atoms with Crippen LogP contribution in [0.5, 0.6) is 0 Å². The number of amides is 1. The Kier molecular flexibility index (Phi) is 7.82. The number of carbonyl (C=O) groups excluding carboxylic acids is 1. The van der Waals surface area contributed by atoms with Crippen molar-refractivity contribution in [1.29, 1.82) is 0 Å². The summed E-state index contributed by atoms with van der Waals surface area (Å²) in [7, 11) is 0. The topological polar surface area (TPSA) is 47.6 Å². The van der Waals surface area contributed by atoms with Gasteiger partial charge >= 0.3 is 36.5 Å². The second kappa shape index (κ2) is 9.62. The van der Waals surface area contributed by atoms with Gasteiger partial charge in [0.1, 0.15) is 5.82 Å². The van der Waals surface area contributed by atoms with Crippen LogP contribution in [-0.4, -0.2) is 36.5 Å². The Balaban J connectivity index is 2.33. The highest BCUT2D eigenvalue weighted by Crippen LogP contribution is 2.54. The Labute approximate surface area is 195 Å². The molecule has 0 radical (unpaired) electrons. The molecule has 0 aliphatic heterocycles. The largest absolute Gasteiger partial charge is 0.527 e. The molecule has 0 atom stereocenters. The average Bonchev–Trinajstić information content (AvgIpc) is 2.71. The molecule has 2 rings (SSSR count). The smallest absolute Gasteiger partial charge is 0.322 e. The molecule has 0 bridgehead atoms. The SMILES string of the molecule is O=C(Nc1cccc(C(F)(F)C(F)(F)OC(F)(F)C(F)(F)C(F)(F)OC(F)(F)F)c1)c1cccc(F)c1. The molecule has 2 aromatic rings. The molecule has 37 heavy (non-hydrogen) atoms. The Bertz CT molecular complexity index is 1130. The number of benzene rings is 2. The van der Waals surface area contributed by atoms with Crippen molar-refractivity contribution in [3.8, 4) is 0 Å². The average molecular weight is 565 g/mol. The lowest BCUT2D eigenvalue weighted by molar-refractivity contribution is -0.535. The third-order valence-electron chi connectivity index (χ3n) is 4.17. The molecule has 18 heteroatoms. The molecule has 0 heterocycles. The zero-order valence-corrected chi connectivity index (χ0v) is 17.1. The fourth-order valence-corrected chi connectivity index (χ4v) is 2.46. The van der Waals surface area contributed by atoms with Crippen LogP contribution < -0.4 is 5.32 Å². The van der Waals surface area contributed by atoms with Crippen LogP contribution in [0.25, 0.3) is 0 Å². The minimum atomic E-state index is -7.55. The van der Waals surface area contributed by atoms with E-state index in [4.69, 9.17) is 0 Å². The molecule has 206 valence electrons. The lowest BCUT2D eigenvalue weighted by Gasteiger charge is -2.35. The molecule has 0 saturated heterocycles. The van der Waals surface area contributed by atoms with Gasteiger partial charge in [-0.05, 0) is 30.3 Å². The van der Waals surface area contributed by atoms with Crippen molar-refractivity contribution >= 4 is 11.6 Å². The number of hydrogen-bond donors (Lipinski definition) is 1. The summed E-state index contributed by atoms with van der Waals surface area (Å²) in [6, 6.07) is 5.11. The Hall–Kier alpha value is -3.15. The van der Waals surface area contributed by atoms with Crippen LogP contribution in [0.15, 0.2) is 48.5 Å². The van der Waals surface area contributed by atoms with Crippen LogP contribution >= 0.6 is 0 Å². The van der Waals surface area contributed by atoms with Gasteiger partial charge in [0.05, 0.1) is 0 Å². The Morgan fingerprint density at radius 3 is 1.76 bits per heavy atom. The highest BCUT2D eigenvalue weighted by Gasteiger charge is 2.80. The second-order valence-electron chi connectivity index (χ2n) is 6.89. The number of hydrogen-bond acceptors (Lipinski definition) is 3. The molecular weight excluding hydrogens is 556 g/mol.